The van der Waals surface area contributed by atoms with Crippen LogP contribution in [0.15, 0.2) is 73.0 Å². The summed E-state index contributed by atoms with van der Waals surface area (Å²) < 4.78 is 30.6. The van der Waals surface area contributed by atoms with Crippen molar-refractivity contribution in [3.8, 4) is 28.4 Å². The molecule has 5 heteroatoms. The molecule has 0 aliphatic carbocycles. The molecule has 0 spiro atoms. The summed E-state index contributed by atoms with van der Waals surface area (Å²) in [6.07, 6.45) is 0. The lowest BCUT2D eigenvalue weighted by atomic mass is 10.0. The highest BCUT2D eigenvalue weighted by atomic mass is 19.1. The molecule has 0 atom stereocenters. The minimum Gasteiger partial charge on any atom is -0.496 e. The quantitative estimate of drug-likeness (QED) is 0.214. The molecule has 0 unspecified atom stereocenters. The van der Waals surface area contributed by atoms with Crippen molar-refractivity contribution >= 4 is 5.97 Å². The fraction of sp³-hybridized carbons (Fsp3) is 0.136. The van der Waals surface area contributed by atoms with Crippen molar-refractivity contribution in [2.45, 2.75) is 13.8 Å². The highest BCUT2D eigenvalue weighted by molar-refractivity contribution is 5.89. The Bertz CT molecular complexity index is 928. The number of ether oxygens (including phenoxy) is 3. The van der Waals surface area contributed by atoms with Crippen LogP contribution in [-0.4, -0.2) is 13.1 Å². The van der Waals surface area contributed by atoms with Crippen molar-refractivity contribution in [3.63, 3.8) is 0 Å². The summed E-state index contributed by atoms with van der Waals surface area (Å²) in [7, 11) is 1.45. The van der Waals surface area contributed by atoms with Gasteiger partial charge in [0.05, 0.1) is 7.11 Å². The number of benzene rings is 2. The number of allylic oxidation sites excluding steroid dienone is 1. The first-order valence-electron chi connectivity index (χ1n) is 8.11. The van der Waals surface area contributed by atoms with Crippen LogP contribution in [0.5, 0.6) is 17.2 Å². The topological polar surface area (TPSA) is 44.8 Å². The Morgan fingerprint density at radius 3 is 2.00 bits per heavy atom. The van der Waals surface area contributed by atoms with Gasteiger partial charge in [0.2, 0.25) is 0 Å². The van der Waals surface area contributed by atoms with Gasteiger partial charge in [-0.25, -0.2) is 9.18 Å². The minimum absolute atomic E-state index is 0.274. The molecule has 2 rings (SSSR count). The molecule has 0 fully saturated rings. The Kier molecular flexibility index (Phi) is 6.19. The minimum atomic E-state index is -0.546. The zero-order valence-corrected chi connectivity index (χ0v) is 15.6. The molecule has 0 aliphatic rings. The SMILES string of the molecule is C=C(C)C(=C)Oc1ccc(-c2ccc(OC(=O)C(=C)C)cc2OC)c(F)c1. The van der Waals surface area contributed by atoms with E-state index >= 15 is 0 Å². The summed E-state index contributed by atoms with van der Waals surface area (Å²) in [6, 6.07) is 9.16. The second-order valence-electron chi connectivity index (χ2n) is 5.98. The Morgan fingerprint density at radius 1 is 0.889 bits per heavy atom. The van der Waals surface area contributed by atoms with Crippen molar-refractivity contribution in [1.29, 1.82) is 0 Å². The summed E-state index contributed by atoms with van der Waals surface area (Å²) in [5, 5.41) is 0. The highest BCUT2D eigenvalue weighted by Crippen LogP contribution is 2.36. The lowest BCUT2D eigenvalue weighted by Crippen LogP contribution is -2.08. The van der Waals surface area contributed by atoms with Gasteiger partial charge in [0.15, 0.2) is 0 Å². The molecule has 0 aromatic heterocycles. The molecule has 4 nitrogen and oxygen atoms in total. The lowest BCUT2D eigenvalue weighted by molar-refractivity contribution is -0.130. The largest absolute Gasteiger partial charge is 0.496 e. The third-order valence-electron chi connectivity index (χ3n) is 3.68. The molecule has 0 aliphatic heterocycles. The van der Waals surface area contributed by atoms with Gasteiger partial charge in [-0.1, -0.05) is 19.7 Å². The lowest BCUT2D eigenvalue weighted by Gasteiger charge is -2.13. The van der Waals surface area contributed by atoms with Crippen molar-refractivity contribution in [2.24, 2.45) is 0 Å². The molecule has 0 bridgehead atoms. The molecule has 0 heterocycles. The van der Waals surface area contributed by atoms with Crippen molar-refractivity contribution in [3.05, 3.63) is 78.9 Å². The van der Waals surface area contributed by atoms with Crippen LogP contribution in [0.1, 0.15) is 13.8 Å². The molecule has 0 saturated heterocycles. The molecule has 27 heavy (non-hydrogen) atoms. The zero-order valence-electron chi connectivity index (χ0n) is 15.6. The number of carbonyl (C=O) groups excluding carboxylic acids is 1. The van der Waals surface area contributed by atoms with Crippen LogP contribution in [0, 0.1) is 5.82 Å². The van der Waals surface area contributed by atoms with E-state index in [0.29, 0.717) is 34.0 Å². The van der Waals surface area contributed by atoms with E-state index in [2.05, 4.69) is 19.7 Å². The number of rotatable bonds is 7. The molecular weight excluding hydrogens is 347 g/mol. The van der Waals surface area contributed by atoms with Gasteiger partial charge in [0.25, 0.3) is 0 Å². The maximum absolute atomic E-state index is 14.6. The average molecular weight is 368 g/mol. The third-order valence-corrected chi connectivity index (χ3v) is 3.68. The Morgan fingerprint density at radius 2 is 1.48 bits per heavy atom. The molecule has 140 valence electrons. The molecule has 0 radical (unpaired) electrons. The van der Waals surface area contributed by atoms with Crippen molar-refractivity contribution in [1.82, 2.24) is 0 Å². The van der Waals surface area contributed by atoms with Gasteiger partial charge in [0, 0.05) is 28.8 Å². The molecular formula is C22H21FO4. The van der Waals surface area contributed by atoms with Gasteiger partial charge in [-0.05, 0) is 43.7 Å². The van der Waals surface area contributed by atoms with Gasteiger partial charge >= 0.3 is 5.97 Å². The van der Waals surface area contributed by atoms with E-state index in [-0.39, 0.29) is 11.3 Å². The first kappa shape index (κ1) is 20.0. The third kappa shape index (κ3) is 4.85. The Hall–Kier alpha value is -3.34. The van der Waals surface area contributed by atoms with E-state index in [9.17, 15) is 9.18 Å². The summed E-state index contributed by atoms with van der Waals surface area (Å²) in [5.74, 6) is 0.281. The highest BCUT2D eigenvalue weighted by Gasteiger charge is 2.15. The summed E-state index contributed by atoms with van der Waals surface area (Å²) in [4.78, 5) is 11.6. The van der Waals surface area contributed by atoms with Gasteiger partial charge in [-0.3, -0.25) is 0 Å². The fourth-order valence-corrected chi connectivity index (χ4v) is 2.16. The number of halogens is 1. The second-order valence-corrected chi connectivity index (χ2v) is 5.98. The molecule has 2 aromatic rings. The Balaban J connectivity index is 2.34. The molecule has 0 saturated carbocycles. The molecule has 0 N–H and O–H groups in total. The smallest absolute Gasteiger partial charge is 0.338 e. The van der Waals surface area contributed by atoms with Crippen LogP contribution in [-0.2, 0) is 4.79 Å². The van der Waals surface area contributed by atoms with Gasteiger partial charge < -0.3 is 14.2 Å². The van der Waals surface area contributed by atoms with Crippen LogP contribution in [0.4, 0.5) is 4.39 Å². The standard InChI is InChI=1S/C22H21FO4/c1-13(2)15(5)26-16-7-9-18(20(23)11-16)19-10-8-17(12-21(19)25-6)27-22(24)14(3)4/h7-12H,1,3,5H2,2,4,6H3. The van der Waals surface area contributed by atoms with Crippen LogP contribution in [0.2, 0.25) is 0 Å². The first-order valence-corrected chi connectivity index (χ1v) is 8.11. The van der Waals surface area contributed by atoms with E-state index in [1.807, 2.05) is 0 Å². The van der Waals surface area contributed by atoms with Gasteiger partial charge in [-0.2, -0.15) is 0 Å². The number of methoxy groups -OCH3 is 1. The number of esters is 1. The monoisotopic (exact) mass is 368 g/mol. The van der Waals surface area contributed by atoms with E-state index < -0.39 is 11.8 Å². The summed E-state index contributed by atoms with van der Waals surface area (Å²) in [6.45, 7) is 14.3. The predicted octanol–water partition coefficient (Wildman–Crippen LogP) is 5.45. The van der Waals surface area contributed by atoms with E-state index in [0.717, 1.165) is 0 Å². The summed E-state index contributed by atoms with van der Waals surface area (Å²) >= 11 is 0. The van der Waals surface area contributed by atoms with E-state index in [4.69, 9.17) is 14.2 Å². The maximum Gasteiger partial charge on any atom is 0.338 e. The van der Waals surface area contributed by atoms with Gasteiger partial charge in [0.1, 0.15) is 28.8 Å². The number of hydrogen-bond donors (Lipinski definition) is 0. The average Bonchev–Trinajstić information content (AvgIpc) is 2.61. The van der Waals surface area contributed by atoms with Gasteiger partial charge in [-0.15, -0.1) is 0 Å². The second kappa shape index (κ2) is 8.36. The van der Waals surface area contributed by atoms with E-state index in [1.54, 1.807) is 38.1 Å². The normalized spacial score (nSPS) is 10.1. The van der Waals surface area contributed by atoms with Crippen LogP contribution in [0.3, 0.4) is 0 Å². The van der Waals surface area contributed by atoms with E-state index in [1.165, 1.54) is 19.2 Å². The zero-order chi connectivity index (χ0) is 20.1. The Labute approximate surface area is 158 Å². The molecule has 0 amide bonds. The van der Waals surface area contributed by atoms with Crippen LogP contribution < -0.4 is 14.2 Å². The van der Waals surface area contributed by atoms with Crippen LogP contribution >= 0.6 is 0 Å². The molecule has 2 aromatic carbocycles. The van der Waals surface area contributed by atoms with Crippen molar-refractivity contribution < 1.29 is 23.4 Å². The van der Waals surface area contributed by atoms with Crippen molar-refractivity contribution in [2.75, 3.05) is 7.11 Å². The first-order chi connectivity index (χ1) is 12.7. The predicted molar refractivity (Wildman–Crippen MR) is 103 cm³/mol. The fourth-order valence-electron chi connectivity index (χ4n) is 2.16. The summed E-state index contributed by atoms with van der Waals surface area (Å²) in [5.41, 5.74) is 1.75. The number of hydrogen-bond acceptors (Lipinski definition) is 4. The number of carbonyl (C=O) groups is 1. The maximum atomic E-state index is 14.6. The van der Waals surface area contributed by atoms with Crippen LogP contribution in [0.25, 0.3) is 11.1 Å².